The van der Waals surface area contributed by atoms with Crippen molar-refractivity contribution in [3.63, 3.8) is 0 Å². The molecule has 2 aromatic carbocycles. The number of ether oxygens (including phenoxy) is 2. The molecule has 1 heterocycles. The molecule has 1 aromatic heterocycles. The third-order valence-corrected chi connectivity index (χ3v) is 6.26. The molecule has 0 unspecified atom stereocenters. The zero-order valence-corrected chi connectivity index (χ0v) is 17.4. The van der Waals surface area contributed by atoms with Gasteiger partial charge in [-0.15, -0.1) is 0 Å². The van der Waals surface area contributed by atoms with Crippen molar-refractivity contribution in [1.29, 1.82) is 0 Å². The lowest BCUT2D eigenvalue weighted by atomic mass is 9.34. The predicted molar refractivity (Wildman–Crippen MR) is 110 cm³/mol. The summed E-state index contributed by atoms with van der Waals surface area (Å²) in [4.78, 5) is 16.8. The van der Waals surface area contributed by atoms with E-state index in [1.807, 2.05) is 0 Å². The second-order valence-electron chi connectivity index (χ2n) is 8.53. The molecule has 3 aliphatic carbocycles. The zero-order valence-electron chi connectivity index (χ0n) is 16.6. The number of halogens is 2. The Morgan fingerprint density at radius 3 is 2.61 bits per heavy atom. The van der Waals surface area contributed by atoms with Crippen molar-refractivity contribution >= 4 is 17.4 Å². The molecule has 2 bridgehead atoms. The molecule has 0 saturated heterocycles. The minimum atomic E-state index is -0.385. The average Bonchev–Trinajstić information content (AvgIpc) is 3.16. The number of nitrogens with zero attached hydrogens (tertiary/aromatic N) is 2. The third kappa shape index (κ3) is 4.02. The van der Waals surface area contributed by atoms with Crippen LogP contribution < -0.4 is 9.47 Å². The third-order valence-electron chi connectivity index (χ3n) is 6.01. The highest BCUT2D eigenvalue weighted by molar-refractivity contribution is 6.30. The molecule has 3 aliphatic rings. The molecule has 3 fully saturated rings. The van der Waals surface area contributed by atoms with Crippen molar-refractivity contribution in [3.8, 4) is 11.5 Å². The van der Waals surface area contributed by atoms with E-state index in [-0.39, 0.29) is 35.6 Å². The van der Waals surface area contributed by atoms with Crippen molar-refractivity contribution in [1.82, 2.24) is 10.1 Å². The van der Waals surface area contributed by atoms with Gasteiger partial charge in [0.05, 0.1) is 5.41 Å². The van der Waals surface area contributed by atoms with Gasteiger partial charge in [-0.1, -0.05) is 22.8 Å². The van der Waals surface area contributed by atoms with Gasteiger partial charge in [0.25, 0.3) is 0 Å². The highest BCUT2D eigenvalue weighted by Crippen LogP contribution is 2.74. The Bertz CT molecular complexity index is 1090. The van der Waals surface area contributed by atoms with Crippen LogP contribution in [0.25, 0.3) is 0 Å². The van der Waals surface area contributed by atoms with Crippen molar-refractivity contribution in [2.45, 2.75) is 37.7 Å². The summed E-state index contributed by atoms with van der Waals surface area (Å²) in [5.41, 5.74) is -0.119. The molecular formula is C23H20ClFN2O4. The first-order chi connectivity index (χ1) is 14.9. The van der Waals surface area contributed by atoms with E-state index < -0.39 is 0 Å². The summed E-state index contributed by atoms with van der Waals surface area (Å²) in [6.07, 6.45) is 3.01. The number of benzene rings is 2. The van der Waals surface area contributed by atoms with Crippen LogP contribution in [0.2, 0.25) is 5.02 Å². The second kappa shape index (κ2) is 7.64. The lowest BCUT2D eigenvalue weighted by Gasteiger charge is -2.68. The van der Waals surface area contributed by atoms with Gasteiger partial charge in [-0.25, -0.2) is 4.39 Å². The summed E-state index contributed by atoms with van der Waals surface area (Å²) in [6, 6.07) is 12.9. The topological polar surface area (TPSA) is 74.5 Å². The van der Waals surface area contributed by atoms with E-state index in [1.54, 1.807) is 36.4 Å². The summed E-state index contributed by atoms with van der Waals surface area (Å²) >= 11 is 5.87. The van der Waals surface area contributed by atoms with Crippen LogP contribution in [-0.4, -0.2) is 22.5 Å². The Balaban J connectivity index is 1.10. The summed E-state index contributed by atoms with van der Waals surface area (Å²) in [5, 5.41) is 4.66. The van der Waals surface area contributed by atoms with E-state index in [1.165, 1.54) is 12.1 Å². The summed E-state index contributed by atoms with van der Waals surface area (Å²) in [6.45, 7) is 0.160. The van der Waals surface area contributed by atoms with Crippen molar-refractivity contribution in [2.75, 3.05) is 6.61 Å². The molecule has 0 radical (unpaired) electrons. The molecule has 0 spiro atoms. The van der Waals surface area contributed by atoms with Gasteiger partial charge >= 0.3 is 0 Å². The number of hydrogen-bond acceptors (Lipinski definition) is 6. The first kappa shape index (κ1) is 20.0. The molecule has 0 aliphatic heterocycles. The molecule has 3 saturated carbocycles. The van der Waals surface area contributed by atoms with Gasteiger partial charge in [0.15, 0.2) is 12.4 Å². The Hall–Kier alpha value is -2.93. The van der Waals surface area contributed by atoms with Gasteiger partial charge in [0.2, 0.25) is 11.7 Å². The van der Waals surface area contributed by atoms with Crippen LogP contribution in [0.3, 0.4) is 0 Å². The summed E-state index contributed by atoms with van der Waals surface area (Å²) in [5.74, 6) is 1.78. The fourth-order valence-electron chi connectivity index (χ4n) is 4.81. The van der Waals surface area contributed by atoms with E-state index in [9.17, 15) is 9.18 Å². The monoisotopic (exact) mass is 442 g/mol. The van der Waals surface area contributed by atoms with Crippen LogP contribution in [-0.2, 0) is 16.8 Å². The molecule has 0 N–H and O–H groups in total. The Kier molecular flexibility index (Phi) is 4.93. The lowest BCUT2D eigenvalue weighted by molar-refractivity contribution is -0.168. The van der Waals surface area contributed by atoms with Crippen LogP contribution in [0, 0.1) is 11.2 Å². The molecular weight excluding hydrogens is 423 g/mol. The van der Waals surface area contributed by atoms with Gasteiger partial charge in [-0.05, 0) is 61.1 Å². The maximum absolute atomic E-state index is 13.2. The van der Waals surface area contributed by atoms with Crippen LogP contribution in [0.5, 0.6) is 11.5 Å². The Labute approximate surface area is 183 Å². The molecule has 0 amide bonds. The van der Waals surface area contributed by atoms with Gasteiger partial charge < -0.3 is 14.0 Å². The summed E-state index contributed by atoms with van der Waals surface area (Å²) in [7, 11) is 0. The van der Waals surface area contributed by atoms with E-state index >= 15 is 0 Å². The van der Waals surface area contributed by atoms with Crippen LogP contribution in [0.4, 0.5) is 4.39 Å². The number of aromatic nitrogens is 2. The maximum atomic E-state index is 13.2. The molecule has 0 atom stereocenters. The lowest BCUT2D eigenvalue weighted by Crippen LogP contribution is -2.65. The van der Waals surface area contributed by atoms with Crippen LogP contribution in [0.15, 0.2) is 53.1 Å². The fraction of sp³-hybridized carbons (Fsp3) is 0.348. The SMILES string of the molecule is O=C(COc1cccc(F)c1)CC12CC(c3nc(COc4ccc(Cl)cc4)no3)(C1)C2. The first-order valence-corrected chi connectivity index (χ1v) is 10.4. The van der Waals surface area contributed by atoms with E-state index in [2.05, 4.69) is 10.1 Å². The highest BCUT2D eigenvalue weighted by atomic mass is 35.5. The van der Waals surface area contributed by atoms with Gasteiger partial charge in [-0.3, -0.25) is 4.79 Å². The largest absolute Gasteiger partial charge is 0.486 e. The molecule has 6 rings (SSSR count). The minimum absolute atomic E-state index is 0.00315. The number of rotatable bonds is 9. The summed E-state index contributed by atoms with van der Waals surface area (Å²) < 4.78 is 29.7. The second-order valence-corrected chi connectivity index (χ2v) is 8.97. The Morgan fingerprint density at radius 1 is 1.10 bits per heavy atom. The minimum Gasteiger partial charge on any atom is -0.486 e. The first-order valence-electron chi connectivity index (χ1n) is 10.1. The Morgan fingerprint density at radius 2 is 1.87 bits per heavy atom. The van der Waals surface area contributed by atoms with E-state index in [0.29, 0.717) is 34.7 Å². The molecule has 3 aromatic rings. The average molecular weight is 443 g/mol. The standard InChI is InChI=1S/C23H20ClFN2O4/c24-15-4-6-18(7-5-15)30-11-20-26-21(31-27-20)23-12-22(13-23,14-23)9-17(28)10-29-19-3-1-2-16(25)8-19/h1-8H,9-14H2. The van der Waals surface area contributed by atoms with E-state index in [0.717, 1.165) is 19.3 Å². The van der Waals surface area contributed by atoms with Gasteiger partial charge in [-0.2, -0.15) is 4.98 Å². The van der Waals surface area contributed by atoms with Crippen LogP contribution >= 0.6 is 11.6 Å². The fourth-order valence-corrected chi connectivity index (χ4v) is 4.94. The van der Waals surface area contributed by atoms with E-state index in [4.69, 9.17) is 25.6 Å². The smallest absolute Gasteiger partial charge is 0.233 e. The van der Waals surface area contributed by atoms with Gasteiger partial charge in [0, 0.05) is 17.5 Å². The predicted octanol–water partition coefficient (Wildman–Crippen LogP) is 4.90. The molecule has 8 heteroatoms. The van der Waals surface area contributed by atoms with Crippen molar-refractivity contribution in [2.24, 2.45) is 5.41 Å². The highest BCUT2D eigenvalue weighted by Gasteiger charge is 2.71. The zero-order chi connectivity index (χ0) is 21.5. The van der Waals surface area contributed by atoms with Crippen LogP contribution in [0.1, 0.15) is 37.4 Å². The number of carbonyl (C=O) groups excluding carboxylic acids is 1. The van der Waals surface area contributed by atoms with Crippen molar-refractivity contribution in [3.05, 3.63) is 71.1 Å². The number of ketones is 1. The van der Waals surface area contributed by atoms with Gasteiger partial charge in [0.1, 0.15) is 23.9 Å². The quantitative estimate of drug-likeness (QED) is 0.469. The number of hydrogen-bond donors (Lipinski definition) is 0. The molecule has 160 valence electrons. The van der Waals surface area contributed by atoms with Crippen molar-refractivity contribution < 1.29 is 23.2 Å². The molecule has 6 nitrogen and oxygen atoms in total. The maximum Gasteiger partial charge on any atom is 0.233 e. The normalized spacial score (nSPS) is 23.5. The number of carbonyl (C=O) groups is 1. The molecule has 31 heavy (non-hydrogen) atoms. The number of Topliss-reactive ketones (excluding diaryl/α,β-unsaturated/α-hetero) is 1.